The first-order valence-corrected chi connectivity index (χ1v) is 9.85. The standard InChI is InChI=1S/C24H26N2O/c1-17-4-3-14-26(17)15-13-23-11-9-22-16-21(10-12-24(22)25-23)20-7-5-19(6-8-20)18(2)27/h5-12,16-17H,3-4,13-15H2,1-2H3. The molecule has 1 fully saturated rings. The predicted molar refractivity (Wildman–Crippen MR) is 111 cm³/mol. The van der Waals surface area contributed by atoms with E-state index in [1.807, 2.05) is 24.3 Å². The molecule has 0 amide bonds. The average molecular weight is 358 g/mol. The lowest BCUT2D eigenvalue weighted by Gasteiger charge is -2.20. The van der Waals surface area contributed by atoms with Crippen LogP contribution in [0.1, 0.15) is 42.7 Å². The van der Waals surface area contributed by atoms with Crippen LogP contribution >= 0.6 is 0 Å². The average Bonchev–Trinajstić information content (AvgIpc) is 3.10. The van der Waals surface area contributed by atoms with Crippen molar-refractivity contribution in [3.8, 4) is 11.1 Å². The number of rotatable bonds is 5. The molecule has 138 valence electrons. The summed E-state index contributed by atoms with van der Waals surface area (Å²) in [5.74, 6) is 0.0973. The Morgan fingerprint density at radius 3 is 2.56 bits per heavy atom. The van der Waals surface area contributed by atoms with E-state index < -0.39 is 0 Å². The largest absolute Gasteiger partial charge is 0.300 e. The zero-order chi connectivity index (χ0) is 18.8. The Hall–Kier alpha value is -2.52. The number of carbonyl (C=O) groups is 1. The lowest BCUT2D eigenvalue weighted by molar-refractivity contribution is 0.101. The van der Waals surface area contributed by atoms with E-state index in [0.29, 0.717) is 6.04 Å². The highest BCUT2D eigenvalue weighted by atomic mass is 16.1. The molecule has 1 aromatic heterocycles. The van der Waals surface area contributed by atoms with Gasteiger partial charge in [-0.1, -0.05) is 36.4 Å². The maximum atomic E-state index is 11.4. The van der Waals surface area contributed by atoms with Crippen molar-refractivity contribution in [1.29, 1.82) is 0 Å². The van der Waals surface area contributed by atoms with Crippen molar-refractivity contribution in [1.82, 2.24) is 9.88 Å². The molecule has 0 radical (unpaired) electrons. The van der Waals surface area contributed by atoms with E-state index in [1.165, 1.54) is 25.1 Å². The molecule has 1 aliphatic heterocycles. The van der Waals surface area contributed by atoms with Crippen LogP contribution in [0, 0.1) is 0 Å². The van der Waals surface area contributed by atoms with Gasteiger partial charge in [-0.15, -0.1) is 0 Å². The Morgan fingerprint density at radius 2 is 1.85 bits per heavy atom. The summed E-state index contributed by atoms with van der Waals surface area (Å²) in [4.78, 5) is 18.9. The number of nitrogens with zero attached hydrogens (tertiary/aromatic N) is 2. The third-order valence-electron chi connectivity index (χ3n) is 5.72. The maximum absolute atomic E-state index is 11.4. The number of aromatic nitrogens is 1. The highest BCUT2D eigenvalue weighted by molar-refractivity contribution is 5.94. The van der Waals surface area contributed by atoms with Gasteiger partial charge in [-0.25, -0.2) is 0 Å². The number of likely N-dealkylation sites (tertiary alicyclic amines) is 1. The fourth-order valence-electron chi connectivity index (χ4n) is 3.97. The second kappa shape index (κ2) is 7.61. The van der Waals surface area contributed by atoms with Crippen molar-refractivity contribution in [3.05, 3.63) is 65.9 Å². The Labute approximate surface area is 161 Å². The molecular formula is C24H26N2O. The number of ketones is 1. The molecule has 2 heterocycles. The molecule has 3 heteroatoms. The number of carbonyl (C=O) groups excluding carboxylic acids is 1. The Morgan fingerprint density at radius 1 is 1.07 bits per heavy atom. The first kappa shape index (κ1) is 17.9. The Balaban J connectivity index is 1.52. The normalized spacial score (nSPS) is 17.5. The van der Waals surface area contributed by atoms with Crippen LogP contribution in [-0.2, 0) is 6.42 Å². The van der Waals surface area contributed by atoms with Crippen LogP contribution in [0.25, 0.3) is 22.0 Å². The molecule has 1 unspecified atom stereocenters. The number of fused-ring (bicyclic) bond motifs is 1. The number of hydrogen-bond donors (Lipinski definition) is 0. The zero-order valence-corrected chi connectivity index (χ0v) is 16.1. The van der Waals surface area contributed by atoms with E-state index in [1.54, 1.807) is 6.92 Å². The molecule has 0 bridgehead atoms. The van der Waals surface area contributed by atoms with Crippen LogP contribution in [0.2, 0.25) is 0 Å². The van der Waals surface area contributed by atoms with E-state index in [0.717, 1.165) is 40.6 Å². The highest BCUT2D eigenvalue weighted by Crippen LogP contribution is 2.25. The van der Waals surface area contributed by atoms with Crippen molar-refractivity contribution in [3.63, 3.8) is 0 Å². The van der Waals surface area contributed by atoms with Crippen molar-refractivity contribution in [2.24, 2.45) is 0 Å². The third-order valence-corrected chi connectivity index (χ3v) is 5.72. The van der Waals surface area contributed by atoms with E-state index >= 15 is 0 Å². The van der Waals surface area contributed by atoms with Gasteiger partial charge in [0.15, 0.2) is 5.78 Å². The van der Waals surface area contributed by atoms with Gasteiger partial charge in [0.25, 0.3) is 0 Å². The molecule has 2 aromatic carbocycles. The molecule has 0 saturated carbocycles. The van der Waals surface area contributed by atoms with Gasteiger partial charge < -0.3 is 4.90 Å². The lowest BCUT2D eigenvalue weighted by Crippen LogP contribution is -2.29. The van der Waals surface area contributed by atoms with Crippen LogP contribution < -0.4 is 0 Å². The minimum Gasteiger partial charge on any atom is -0.300 e. The van der Waals surface area contributed by atoms with E-state index in [2.05, 4.69) is 42.2 Å². The molecule has 1 atom stereocenters. The zero-order valence-electron chi connectivity index (χ0n) is 16.1. The quantitative estimate of drug-likeness (QED) is 0.593. The van der Waals surface area contributed by atoms with Crippen molar-refractivity contribution in [2.45, 2.75) is 39.2 Å². The first-order valence-electron chi connectivity index (χ1n) is 9.85. The van der Waals surface area contributed by atoms with Gasteiger partial charge in [0.05, 0.1) is 5.52 Å². The fraction of sp³-hybridized carbons (Fsp3) is 0.333. The molecule has 0 spiro atoms. The molecule has 1 aliphatic rings. The summed E-state index contributed by atoms with van der Waals surface area (Å²) in [6.45, 7) is 6.24. The minimum atomic E-state index is 0.0973. The van der Waals surface area contributed by atoms with Crippen molar-refractivity contribution >= 4 is 16.7 Å². The van der Waals surface area contributed by atoms with E-state index in [9.17, 15) is 4.79 Å². The molecule has 3 nitrogen and oxygen atoms in total. The molecule has 27 heavy (non-hydrogen) atoms. The maximum Gasteiger partial charge on any atom is 0.159 e. The van der Waals surface area contributed by atoms with E-state index in [-0.39, 0.29) is 5.78 Å². The second-order valence-electron chi connectivity index (χ2n) is 7.62. The number of benzene rings is 2. The molecule has 4 rings (SSSR count). The van der Waals surface area contributed by atoms with Crippen LogP contribution in [0.5, 0.6) is 0 Å². The number of Topliss-reactive ketones (excluding diaryl/α,β-unsaturated/α-hetero) is 1. The summed E-state index contributed by atoms with van der Waals surface area (Å²) >= 11 is 0. The van der Waals surface area contributed by atoms with Gasteiger partial charge in [-0.3, -0.25) is 9.78 Å². The Kier molecular flexibility index (Phi) is 5.04. The van der Waals surface area contributed by atoms with Gasteiger partial charge >= 0.3 is 0 Å². The smallest absolute Gasteiger partial charge is 0.159 e. The minimum absolute atomic E-state index is 0.0973. The summed E-state index contributed by atoms with van der Waals surface area (Å²) in [5, 5.41) is 1.15. The van der Waals surface area contributed by atoms with Gasteiger partial charge in [0.1, 0.15) is 0 Å². The van der Waals surface area contributed by atoms with Gasteiger partial charge in [-0.2, -0.15) is 0 Å². The monoisotopic (exact) mass is 358 g/mol. The SMILES string of the molecule is CC(=O)c1ccc(-c2ccc3nc(CCN4CCCC4C)ccc3c2)cc1. The summed E-state index contributed by atoms with van der Waals surface area (Å²) in [7, 11) is 0. The molecular weight excluding hydrogens is 332 g/mol. The molecule has 3 aromatic rings. The van der Waals surface area contributed by atoms with Gasteiger partial charge in [0, 0.05) is 35.7 Å². The molecule has 0 aliphatic carbocycles. The third kappa shape index (κ3) is 3.93. The summed E-state index contributed by atoms with van der Waals surface area (Å²) in [5.41, 5.74) is 5.23. The van der Waals surface area contributed by atoms with Crippen LogP contribution in [0.15, 0.2) is 54.6 Å². The van der Waals surface area contributed by atoms with Crippen LogP contribution in [0.4, 0.5) is 0 Å². The molecule has 1 saturated heterocycles. The summed E-state index contributed by atoms with van der Waals surface area (Å²) < 4.78 is 0. The molecule has 0 N–H and O–H groups in total. The van der Waals surface area contributed by atoms with Gasteiger partial charge in [-0.05, 0) is 62.6 Å². The number of pyridine rings is 1. The first-order chi connectivity index (χ1) is 13.1. The van der Waals surface area contributed by atoms with Crippen molar-refractivity contribution < 1.29 is 4.79 Å². The lowest BCUT2D eigenvalue weighted by atomic mass is 10.0. The highest BCUT2D eigenvalue weighted by Gasteiger charge is 2.19. The number of hydrogen-bond acceptors (Lipinski definition) is 3. The van der Waals surface area contributed by atoms with Gasteiger partial charge in [0.2, 0.25) is 0 Å². The summed E-state index contributed by atoms with van der Waals surface area (Å²) in [6, 6.07) is 19.2. The summed E-state index contributed by atoms with van der Waals surface area (Å²) in [6.07, 6.45) is 3.65. The predicted octanol–water partition coefficient (Wildman–Crippen LogP) is 5.13. The fourth-order valence-corrected chi connectivity index (χ4v) is 3.97. The topological polar surface area (TPSA) is 33.2 Å². The van der Waals surface area contributed by atoms with E-state index in [4.69, 9.17) is 4.98 Å². The Bertz CT molecular complexity index is 962. The van der Waals surface area contributed by atoms with Crippen LogP contribution in [-0.4, -0.2) is 34.8 Å². The van der Waals surface area contributed by atoms with Crippen molar-refractivity contribution in [2.75, 3.05) is 13.1 Å². The second-order valence-corrected chi connectivity index (χ2v) is 7.62. The van der Waals surface area contributed by atoms with Crippen LogP contribution in [0.3, 0.4) is 0 Å².